The second-order valence-corrected chi connectivity index (χ2v) is 7.64. The van der Waals surface area contributed by atoms with Crippen LogP contribution >= 0.6 is 0 Å². The summed E-state index contributed by atoms with van der Waals surface area (Å²) in [7, 11) is 1.90. The number of benzene rings is 2. The zero-order chi connectivity index (χ0) is 19.3. The van der Waals surface area contributed by atoms with E-state index >= 15 is 0 Å². The molecule has 0 fully saturated rings. The Labute approximate surface area is 163 Å². The first-order valence-electron chi connectivity index (χ1n) is 9.72. The standard InChI is InChI=1S/C22H23N3O3/c1-24-20-8-9-25(11-18(20)19(12-26)23-24)22(27)15-10-17-16-5-3-2-4-14(16)6-7-21(17)28-13-15/h2-7,15,26H,8-13H2,1H3. The molecule has 28 heavy (non-hydrogen) atoms. The van der Waals surface area contributed by atoms with Crippen molar-refractivity contribution in [1.29, 1.82) is 0 Å². The Bertz CT molecular complexity index is 1070. The summed E-state index contributed by atoms with van der Waals surface area (Å²) >= 11 is 0. The number of fused-ring (bicyclic) bond motifs is 4. The maximum Gasteiger partial charge on any atom is 0.229 e. The number of ether oxygens (including phenoxy) is 1. The van der Waals surface area contributed by atoms with Crippen LogP contribution in [0.1, 0.15) is 22.5 Å². The van der Waals surface area contributed by atoms with Crippen molar-refractivity contribution in [3.8, 4) is 5.75 Å². The molecule has 3 aromatic rings. The molecule has 0 saturated heterocycles. The molecule has 0 saturated carbocycles. The van der Waals surface area contributed by atoms with Gasteiger partial charge in [0.25, 0.3) is 0 Å². The lowest BCUT2D eigenvalue weighted by Gasteiger charge is -2.33. The second-order valence-electron chi connectivity index (χ2n) is 7.64. The van der Waals surface area contributed by atoms with E-state index in [1.807, 2.05) is 34.8 Å². The average molecular weight is 377 g/mol. The number of aromatic nitrogens is 2. The van der Waals surface area contributed by atoms with Crippen molar-refractivity contribution in [1.82, 2.24) is 14.7 Å². The van der Waals surface area contributed by atoms with Crippen LogP contribution in [0.2, 0.25) is 0 Å². The molecule has 1 unspecified atom stereocenters. The number of nitrogens with zero attached hydrogens (tertiary/aromatic N) is 3. The average Bonchev–Trinajstić information content (AvgIpc) is 3.08. The first-order valence-corrected chi connectivity index (χ1v) is 9.72. The third-order valence-electron chi connectivity index (χ3n) is 6.02. The van der Waals surface area contributed by atoms with Crippen LogP contribution < -0.4 is 4.74 Å². The van der Waals surface area contributed by atoms with Gasteiger partial charge in [0.15, 0.2) is 0 Å². The Morgan fingerprint density at radius 1 is 1.25 bits per heavy atom. The maximum atomic E-state index is 13.3. The van der Waals surface area contributed by atoms with Gasteiger partial charge < -0.3 is 14.7 Å². The molecule has 1 amide bonds. The molecule has 2 aromatic carbocycles. The number of aryl methyl sites for hydroxylation is 1. The second kappa shape index (κ2) is 6.63. The minimum absolute atomic E-state index is 0.100. The molecule has 2 aliphatic rings. The lowest BCUT2D eigenvalue weighted by molar-refractivity contribution is -0.137. The van der Waals surface area contributed by atoms with Gasteiger partial charge in [0, 0.05) is 43.4 Å². The van der Waals surface area contributed by atoms with E-state index in [2.05, 4.69) is 23.3 Å². The smallest absolute Gasteiger partial charge is 0.229 e. The number of carbonyl (C=O) groups excluding carboxylic acids is 1. The SMILES string of the molecule is Cn1nc(CO)c2c1CCN(C(=O)C1COc3ccc4ccccc4c3C1)C2. The van der Waals surface area contributed by atoms with E-state index in [9.17, 15) is 9.90 Å². The van der Waals surface area contributed by atoms with Gasteiger partial charge in [-0.05, 0) is 23.3 Å². The Morgan fingerprint density at radius 3 is 2.96 bits per heavy atom. The highest BCUT2D eigenvalue weighted by Gasteiger charge is 2.33. The topological polar surface area (TPSA) is 67.6 Å². The number of carbonyl (C=O) groups is 1. The van der Waals surface area contributed by atoms with Crippen LogP contribution in [-0.4, -0.2) is 38.8 Å². The van der Waals surface area contributed by atoms with Crippen molar-refractivity contribution in [3.05, 3.63) is 58.9 Å². The van der Waals surface area contributed by atoms with Crippen LogP contribution in [0.25, 0.3) is 10.8 Å². The highest BCUT2D eigenvalue weighted by Crippen LogP contribution is 2.35. The predicted octanol–water partition coefficient (Wildman–Crippen LogP) is 2.20. The van der Waals surface area contributed by atoms with Gasteiger partial charge in [-0.25, -0.2) is 0 Å². The van der Waals surface area contributed by atoms with E-state index in [0.29, 0.717) is 31.8 Å². The molecule has 2 aliphatic heterocycles. The van der Waals surface area contributed by atoms with Crippen LogP contribution in [0.5, 0.6) is 5.75 Å². The van der Waals surface area contributed by atoms with Crippen LogP contribution in [0.3, 0.4) is 0 Å². The van der Waals surface area contributed by atoms with Crippen molar-refractivity contribution >= 4 is 16.7 Å². The fourth-order valence-corrected chi connectivity index (χ4v) is 4.56. The summed E-state index contributed by atoms with van der Waals surface area (Å²) in [6.45, 7) is 1.50. The summed E-state index contributed by atoms with van der Waals surface area (Å²) in [5, 5.41) is 16.3. The van der Waals surface area contributed by atoms with Gasteiger partial charge in [-0.2, -0.15) is 5.10 Å². The monoisotopic (exact) mass is 377 g/mol. The highest BCUT2D eigenvalue weighted by atomic mass is 16.5. The normalized spacial score (nSPS) is 18.5. The minimum atomic E-state index is -0.186. The van der Waals surface area contributed by atoms with E-state index in [1.165, 1.54) is 5.39 Å². The van der Waals surface area contributed by atoms with E-state index in [0.717, 1.165) is 34.4 Å². The lowest BCUT2D eigenvalue weighted by atomic mass is 9.91. The molecule has 6 nitrogen and oxygen atoms in total. The van der Waals surface area contributed by atoms with Crippen molar-refractivity contribution in [2.75, 3.05) is 13.2 Å². The molecular formula is C22H23N3O3. The van der Waals surface area contributed by atoms with Gasteiger partial charge in [-0.1, -0.05) is 30.3 Å². The molecule has 0 spiro atoms. The number of hydrogen-bond donors (Lipinski definition) is 1. The number of aliphatic hydroxyl groups excluding tert-OH is 1. The number of rotatable bonds is 2. The van der Waals surface area contributed by atoms with Crippen LogP contribution in [0.15, 0.2) is 36.4 Å². The first-order chi connectivity index (χ1) is 13.7. The van der Waals surface area contributed by atoms with Crippen molar-refractivity contribution in [3.63, 3.8) is 0 Å². The molecular weight excluding hydrogens is 354 g/mol. The lowest BCUT2D eigenvalue weighted by Crippen LogP contribution is -2.43. The summed E-state index contributed by atoms with van der Waals surface area (Å²) in [4.78, 5) is 15.2. The summed E-state index contributed by atoms with van der Waals surface area (Å²) in [5.74, 6) is 0.824. The van der Waals surface area contributed by atoms with Crippen LogP contribution in [0.4, 0.5) is 0 Å². The predicted molar refractivity (Wildman–Crippen MR) is 105 cm³/mol. The van der Waals surface area contributed by atoms with Gasteiger partial charge >= 0.3 is 0 Å². The zero-order valence-corrected chi connectivity index (χ0v) is 15.9. The van der Waals surface area contributed by atoms with Gasteiger partial charge in [0.1, 0.15) is 12.4 Å². The van der Waals surface area contributed by atoms with Gasteiger partial charge in [-0.15, -0.1) is 0 Å². The summed E-state index contributed by atoms with van der Waals surface area (Å²) < 4.78 is 7.80. The van der Waals surface area contributed by atoms with E-state index in [1.54, 1.807) is 0 Å². The molecule has 5 rings (SSSR count). The molecule has 3 heterocycles. The van der Waals surface area contributed by atoms with Gasteiger partial charge in [0.2, 0.25) is 5.91 Å². The van der Waals surface area contributed by atoms with Crippen molar-refractivity contribution < 1.29 is 14.6 Å². The number of amides is 1. The van der Waals surface area contributed by atoms with E-state index in [4.69, 9.17) is 4.74 Å². The summed E-state index contributed by atoms with van der Waals surface area (Å²) in [5.41, 5.74) is 3.90. The summed E-state index contributed by atoms with van der Waals surface area (Å²) in [6.07, 6.45) is 1.45. The molecule has 6 heteroatoms. The molecule has 1 N–H and O–H groups in total. The Balaban J connectivity index is 1.41. The minimum Gasteiger partial charge on any atom is -0.492 e. The molecule has 0 bridgehead atoms. The molecule has 0 radical (unpaired) electrons. The quantitative estimate of drug-likeness (QED) is 0.744. The Hall–Kier alpha value is -2.86. The third kappa shape index (κ3) is 2.67. The maximum absolute atomic E-state index is 13.3. The number of aliphatic hydroxyl groups is 1. The van der Waals surface area contributed by atoms with Crippen molar-refractivity contribution in [2.24, 2.45) is 13.0 Å². The third-order valence-corrected chi connectivity index (χ3v) is 6.02. The first kappa shape index (κ1) is 17.3. The summed E-state index contributed by atoms with van der Waals surface area (Å²) in [6, 6.07) is 12.3. The van der Waals surface area contributed by atoms with Crippen LogP contribution in [-0.2, 0) is 37.8 Å². The Morgan fingerprint density at radius 2 is 2.11 bits per heavy atom. The molecule has 1 aromatic heterocycles. The fourth-order valence-electron chi connectivity index (χ4n) is 4.56. The molecule has 1 atom stereocenters. The highest BCUT2D eigenvalue weighted by molar-refractivity contribution is 5.89. The van der Waals surface area contributed by atoms with Gasteiger partial charge in [-0.3, -0.25) is 9.48 Å². The largest absolute Gasteiger partial charge is 0.492 e. The molecule has 0 aliphatic carbocycles. The molecule has 144 valence electrons. The fraction of sp³-hybridized carbons (Fsp3) is 0.364. The Kier molecular flexibility index (Phi) is 4.09. The number of hydrogen-bond acceptors (Lipinski definition) is 4. The zero-order valence-electron chi connectivity index (χ0n) is 15.9. The van der Waals surface area contributed by atoms with Crippen LogP contribution in [0, 0.1) is 5.92 Å². The van der Waals surface area contributed by atoms with E-state index in [-0.39, 0.29) is 18.4 Å². The van der Waals surface area contributed by atoms with E-state index < -0.39 is 0 Å². The van der Waals surface area contributed by atoms with Gasteiger partial charge in [0.05, 0.1) is 18.2 Å². The van der Waals surface area contributed by atoms with Crippen molar-refractivity contribution in [2.45, 2.75) is 26.0 Å².